The number of carbonyl (C=O) groups excluding carboxylic acids is 1. The average molecular weight is 297 g/mol. The molecule has 3 nitrogen and oxygen atoms in total. The summed E-state index contributed by atoms with van der Waals surface area (Å²) < 4.78 is 0.937. The van der Waals surface area contributed by atoms with Crippen molar-refractivity contribution in [2.75, 3.05) is 25.0 Å². The van der Waals surface area contributed by atoms with Crippen LogP contribution in [0.1, 0.15) is 18.4 Å². The number of benzene rings is 1. The average Bonchev–Trinajstić information content (AvgIpc) is 2.75. The van der Waals surface area contributed by atoms with Gasteiger partial charge >= 0.3 is 0 Å². The van der Waals surface area contributed by atoms with Crippen LogP contribution in [0.3, 0.4) is 0 Å². The number of anilines is 1. The third-order valence-corrected chi connectivity index (χ3v) is 3.62. The fraction of sp³-hybridized carbons (Fsp3) is 0.462. The van der Waals surface area contributed by atoms with Crippen molar-refractivity contribution in [1.82, 2.24) is 4.90 Å². The van der Waals surface area contributed by atoms with Gasteiger partial charge in [0, 0.05) is 4.47 Å². The minimum absolute atomic E-state index is 0.0662. The van der Waals surface area contributed by atoms with Gasteiger partial charge in [-0.15, -0.1) is 0 Å². The number of likely N-dealkylation sites (tertiary alicyclic amines) is 1. The Hall–Kier alpha value is -0.870. The Balaban J connectivity index is 1.93. The first-order valence-corrected chi connectivity index (χ1v) is 6.73. The molecule has 1 fully saturated rings. The van der Waals surface area contributed by atoms with E-state index in [4.69, 9.17) is 0 Å². The summed E-state index contributed by atoms with van der Waals surface area (Å²) in [7, 11) is 0. The Morgan fingerprint density at radius 1 is 1.41 bits per heavy atom. The van der Waals surface area contributed by atoms with Crippen molar-refractivity contribution < 1.29 is 4.79 Å². The molecule has 4 heteroatoms. The first-order valence-electron chi connectivity index (χ1n) is 5.93. The molecular formula is C13H17BrN2O. The van der Waals surface area contributed by atoms with Crippen LogP contribution in [-0.2, 0) is 4.79 Å². The Labute approximate surface area is 110 Å². The largest absolute Gasteiger partial charge is 0.324 e. The van der Waals surface area contributed by atoms with Gasteiger partial charge in [-0.2, -0.15) is 0 Å². The van der Waals surface area contributed by atoms with E-state index in [0.717, 1.165) is 23.2 Å². The lowest BCUT2D eigenvalue weighted by molar-refractivity contribution is -0.117. The van der Waals surface area contributed by atoms with E-state index in [1.165, 1.54) is 18.4 Å². The van der Waals surface area contributed by atoms with E-state index < -0.39 is 0 Å². The van der Waals surface area contributed by atoms with Crippen molar-refractivity contribution in [3.63, 3.8) is 0 Å². The van der Waals surface area contributed by atoms with Crippen LogP contribution < -0.4 is 5.32 Å². The van der Waals surface area contributed by atoms with Crippen LogP contribution in [0.15, 0.2) is 22.7 Å². The van der Waals surface area contributed by atoms with E-state index in [1.807, 2.05) is 25.1 Å². The summed E-state index contributed by atoms with van der Waals surface area (Å²) in [6, 6.07) is 5.93. The zero-order valence-corrected chi connectivity index (χ0v) is 11.6. The number of rotatable bonds is 3. The SMILES string of the molecule is Cc1ccc(NC(=O)CN2CCCC2)c(Br)c1. The van der Waals surface area contributed by atoms with Crippen LogP contribution in [0, 0.1) is 6.92 Å². The van der Waals surface area contributed by atoms with Gasteiger partial charge in [-0.1, -0.05) is 6.07 Å². The van der Waals surface area contributed by atoms with Crippen LogP contribution in [0.4, 0.5) is 5.69 Å². The van der Waals surface area contributed by atoms with E-state index in [-0.39, 0.29) is 5.91 Å². The summed E-state index contributed by atoms with van der Waals surface area (Å²) in [4.78, 5) is 14.0. The van der Waals surface area contributed by atoms with Crippen LogP contribution >= 0.6 is 15.9 Å². The Morgan fingerprint density at radius 2 is 2.12 bits per heavy atom. The Kier molecular flexibility index (Phi) is 4.18. The summed E-state index contributed by atoms with van der Waals surface area (Å²) in [6.07, 6.45) is 2.42. The summed E-state index contributed by atoms with van der Waals surface area (Å²) in [5.41, 5.74) is 2.02. The van der Waals surface area contributed by atoms with E-state index in [9.17, 15) is 4.79 Å². The second-order valence-electron chi connectivity index (χ2n) is 4.51. The molecule has 1 saturated heterocycles. The van der Waals surface area contributed by atoms with Gasteiger partial charge in [-0.25, -0.2) is 0 Å². The maximum absolute atomic E-state index is 11.8. The normalized spacial score (nSPS) is 16.1. The van der Waals surface area contributed by atoms with Crippen LogP contribution in [0.2, 0.25) is 0 Å². The molecule has 0 unspecified atom stereocenters. The van der Waals surface area contributed by atoms with Crippen LogP contribution in [0.5, 0.6) is 0 Å². The molecule has 0 aromatic heterocycles. The highest BCUT2D eigenvalue weighted by atomic mass is 79.9. The number of hydrogen-bond donors (Lipinski definition) is 1. The molecule has 1 amide bonds. The lowest BCUT2D eigenvalue weighted by Gasteiger charge is -2.14. The minimum Gasteiger partial charge on any atom is -0.324 e. The lowest BCUT2D eigenvalue weighted by Crippen LogP contribution is -2.30. The molecule has 1 aliphatic heterocycles. The first-order chi connectivity index (χ1) is 8.15. The molecule has 0 spiro atoms. The fourth-order valence-electron chi connectivity index (χ4n) is 2.06. The van der Waals surface area contributed by atoms with Gasteiger partial charge in [-0.05, 0) is 66.5 Å². The molecule has 2 rings (SSSR count). The molecular weight excluding hydrogens is 280 g/mol. The molecule has 1 aromatic carbocycles. The standard InChI is InChI=1S/C13H17BrN2O/c1-10-4-5-12(11(14)8-10)15-13(17)9-16-6-2-3-7-16/h4-5,8H,2-3,6-7,9H2,1H3,(H,15,17). The van der Waals surface area contributed by atoms with Gasteiger partial charge in [0.05, 0.1) is 12.2 Å². The monoisotopic (exact) mass is 296 g/mol. The molecule has 0 saturated carbocycles. The third kappa shape index (κ3) is 3.54. The summed E-state index contributed by atoms with van der Waals surface area (Å²) in [5.74, 6) is 0.0662. The molecule has 92 valence electrons. The van der Waals surface area contributed by atoms with Crippen molar-refractivity contribution in [1.29, 1.82) is 0 Å². The predicted molar refractivity (Wildman–Crippen MR) is 73.2 cm³/mol. The first kappa shape index (κ1) is 12.6. The van der Waals surface area contributed by atoms with Crippen LogP contribution in [-0.4, -0.2) is 30.4 Å². The molecule has 1 aliphatic rings. The topological polar surface area (TPSA) is 32.3 Å². The highest BCUT2D eigenvalue weighted by Crippen LogP contribution is 2.23. The van der Waals surface area contributed by atoms with Crippen molar-refractivity contribution in [2.45, 2.75) is 19.8 Å². The molecule has 17 heavy (non-hydrogen) atoms. The Morgan fingerprint density at radius 3 is 2.76 bits per heavy atom. The lowest BCUT2D eigenvalue weighted by atomic mass is 10.2. The minimum atomic E-state index is 0.0662. The summed E-state index contributed by atoms with van der Waals surface area (Å²) in [5, 5.41) is 2.94. The summed E-state index contributed by atoms with van der Waals surface area (Å²) in [6.45, 7) is 4.62. The predicted octanol–water partition coefficient (Wildman–Crippen LogP) is 2.79. The number of halogens is 1. The third-order valence-electron chi connectivity index (χ3n) is 2.96. The number of hydrogen-bond acceptors (Lipinski definition) is 2. The fourth-order valence-corrected chi connectivity index (χ4v) is 2.65. The second kappa shape index (κ2) is 5.65. The molecule has 1 heterocycles. The van der Waals surface area contributed by atoms with Gasteiger partial charge in [0.15, 0.2) is 0 Å². The maximum atomic E-state index is 11.8. The number of nitrogens with zero attached hydrogens (tertiary/aromatic N) is 1. The highest BCUT2D eigenvalue weighted by Gasteiger charge is 2.15. The van der Waals surface area contributed by atoms with Gasteiger partial charge in [-0.3, -0.25) is 9.69 Å². The Bertz CT molecular complexity index is 414. The number of carbonyl (C=O) groups is 1. The summed E-state index contributed by atoms with van der Waals surface area (Å²) >= 11 is 3.46. The zero-order valence-electron chi connectivity index (χ0n) is 10.0. The molecule has 0 bridgehead atoms. The molecule has 1 N–H and O–H groups in total. The second-order valence-corrected chi connectivity index (χ2v) is 5.37. The van der Waals surface area contributed by atoms with Crippen molar-refractivity contribution >= 4 is 27.5 Å². The van der Waals surface area contributed by atoms with Crippen molar-refractivity contribution in [2.24, 2.45) is 0 Å². The van der Waals surface area contributed by atoms with Gasteiger partial charge < -0.3 is 5.32 Å². The van der Waals surface area contributed by atoms with E-state index in [2.05, 4.69) is 26.1 Å². The number of aryl methyl sites for hydroxylation is 1. The number of amides is 1. The highest BCUT2D eigenvalue weighted by molar-refractivity contribution is 9.10. The quantitative estimate of drug-likeness (QED) is 0.930. The molecule has 1 aromatic rings. The van der Waals surface area contributed by atoms with Gasteiger partial charge in [0.2, 0.25) is 5.91 Å². The molecule has 0 aliphatic carbocycles. The zero-order chi connectivity index (χ0) is 12.3. The van der Waals surface area contributed by atoms with Gasteiger partial charge in [0.1, 0.15) is 0 Å². The van der Waals surface area contributed by atoms with Crippen molar-refractivity contribution in [3.8, 4) is 0 Å². The van der Waals surface area contributed by atoms with E-state index >= 15 is 0 Å². The van der Waals surface area contributed by atoms with E-state index in [0.29, 0.717) is 6.54 Å². The smallest absolute Gasteiger partial charge is 0.238 e. The van der Waals surface area contributed by atoms with Crippen LogP contribution in [0.25, 0.3) is 0 Å². The number of nitrogens with one attached hydrogen (secondary N) is 1. The van der Waals surface area contributed by atoms with Gasteiger partial charge in [0.25, 0.3) is 0 Å². The molecule has 0 atom stereocenters. The van der Waals surface area contributed by atoms with E-state index in [1.54, 1.807) is 0 Å². The molecule has 0 radical (unpaired) electrons. The van der Waals surface area contributed by atoms with Crippen molar-refractivity contribution in [3.05, 3.63) is 28.2 Å². The maximum Gasteiger partial charge on any atom is 0.238 e.